The fourth-order valence-corrected chi connectivity index (χ4v) is 2.76. The van der Waals surface area contributed by atoms with Crippen molar-refractivity contribution in [2.24, 2.45) is 4.99 Å². The van der Waals surface area contributed by atoms with E-state index in [-0.39, 0.29) is 25.3 Å². The van der Waals surface area contributed by atoms with Gasteiger partial charge in [-0.3, -0.25) is 24.7 Å². The lowest BCUT2D eigenvalue weighted by molar-refractivity contribution is -0.137. The molecular weight excluding hydrogens is 412 g/mol. The molecule has 0 saturated heterocycles. The number of carbonyl (C=O) groups is 3. The molecule has 0 aliphatic heterocycles. The Hall–Kier alpha value is -4.39. The quantitative estimate of drug-likeness (QED) is 0.174. The van der Waals surface area contributed by atoms with Gasteiger partial charge in [-0.15, -0.1) is 0 Å². The molecule has 2 amide bonds. The molecule has 2 aromatic carbocycles. The fraction of sp³-hybridized carbons (Fsp3) is 0.227. The van der Waals surface area contributed by atoms with Gasteiger partial charge < -0.3 is 21.1 Å². The van der Waals surface area contributed by atoms with E-state index in [1.807, 2.05) is 6.92 Å². The van der Waals surface area contributed by atoms with E-state index in [0.717, 1.165) is 0 Å². The summed E-state index contributed by atoms with van der Waals surface area (Å²) < 4.78 is 0. The lowest BCUT2D eigenvalue weighted by Crippen LogP contribution is -2.33. The molecule has 0 spiro atoms. The van der Waals surface area contributed by atoms with Crippen LogP contribution in [0.15, 0.2) is 53.5 Å². The van der Waals surface area contributed by atoms with Crippen molar-refractivity contribution in [3.63, 3.8) is 0 Å². The Labute approximate surface area is 185 Å². The van der Waals surface area contributed by atoms with Gasteiger partial charge in [0.25, 0.3) is 5.91 Å². The minimum Gasteiger partial charge on any atom is -0.481 e. The number of nitrogens with one attached hydrogen (secondary N) is 4. The molecule has 10 nitrogen and oxygen atoms in total. The predicted octanol–water partition coefficient (Wildman–Crippen LogP) is 1.93. The Morgan fingerprint density at radius 1 is 1.09 bits per heavy atom. The number of rotatable bonds is 9. The van der Waals surface area contributed by atoms with Crippen molar-refractivity contribution in [2.75, 3.05) is 23.7 Å². The third-order valence-electron chi connectivity index (χ3n) is 4.19. The molecule has 166 valence electrons. The summed E-state index contributed by atoms with van der Waals surface area (Å²) in [6, 6.07) is 13.4. The number of nitriles is 1. The van der Waals surface area contributed by atoms with Gasteiger partial charge in [0, 0.05) is 29.9 Å². The van der Waals surface area contributed by atoms with Crippen molar-refractivity contribution in [1.82, 2.24) is 10.6 Å². The monoisotopic (exact) mass is 436 g/mol. The molecule has 0 aliphatic carbocycles. The number of para-hydroxylation sites is 1. The van der Waals surface area contributed by atoms with Crippen LogP contribution in [0.4, 0.5) is 11.4 Å². The Balaban J connectivity index is 1.96. The van der Waals surface area contributed by atoms with Crippen LogP contribution in [0.5, 0.6) is 0 Å². The summed E-state index contributed by atoms with van der Waals surface area (Å²) in [5, 5.41) is 28.2. The third-order valence-corrected chi connectivity index (χ3v) is 4.19. The number of carbonyl (C=O) groups excluding carboxylic acids is 2. The van der Waals surface area contributed by atoms with Crippen LogP contribution in [0.25, 0.3) is 0 Å². The summed E-state index contributed by atoms with van der Waals surface area (Å²) in [5.41, 5.74) is 2.07. The van der Waals surface area contributed by atoms with E-state index in [1.54, 1.807) is 54.7 Å². The van der Waals surface area contributed by atoms with E-state index < -0.39 is 17.8 Å². The van der Waals surface area contributed by atoms with Crippen LogP contribution in [0.2, 0.25) is 0 Å². The highest BCUT2D eigenvalue weighted by atomic mass is 16.4. The molecule has 0 saturated carbocycles. The van der Waals surface area contributed by atoms with E-state index in [9.17, 15) is 14.4 Å². The molecule has 0 aliphatic rings. The summed E-state index contributed by atoms with van der Waals surface area (Å²) in [4.78, 5) is 39.6. The first-order chi connectivity index (χ1) is 15.4. The molecule has 0 radical (unpaired) electrons. The van der Waals surface area contributed by atoms with Gasteiger partial charge >= 0.3 is 5.97 Å². The molecule has 5 N–H and O–H groups in total. The van der Waals surface area contributed by atoms with Crippen LogP contribution in [-0.2, 0) is 16.0 Å². The van der Waals surface area contributed by atoms with Crippen LogP contribution in [0.1, 0.15) is 29.3 Å². The van der Waals surface area contributed by atoms with Crippen LogP contribution < -0.4 is 21.3 Å². The zero-order chi connectivity index (χ0) is 23.3. The Kier molecular flexibility index (Phi) is 9.21. The minimum atomic E-state index is -0.924. The molecule has 0 bridgehead atoms. The highest BCUT2D eigenvalue weighted by Gasteiger charge is 2.11. The zero-order valence-electron chi connectivity index (χ0n) is 17.5. The van der Waals surface area contributed by atoms with E-state index in [1.165, 1.54) is 0 Å². The van der Waals surface area contributed by atoms with Crippen molar-refractivity contribution in [1.29, 1.82) is 5.26 Å². The number of aryl methyl sites for hydroxylation is 1. The maximum Gasteiger partial charge on any atom is 0.303 e. The number of aliphatic imine (C=N–C) groups is 1. The number of carboxylic acids is 1. The van der Waals surface area contributed by atoms with Gasteiger partial charge in [0.2, 0.25) is 11.9 Å². The first-order valence-electron chi connectivity index (χ1n) is 9.87. The summed E-state index contributed by atoms with van der Waals surface area (Å²) in [7, 11) is 0. The van der Waals surface area contributed by atoms with Crippen molar-refractivity contribution >= 4 is 35.1 Å². The fourth-order valence-electron chi connectivity index (χ4n) is 2.76. The highest BCUT2D eigenvalue weighted by Crippen LogP contribution is 2.17. The number of carboxylic acid groups (broad SMARTS) is 1. The molecule has 32 heavy (non-hydrogen) atoms. The lowest BCUT2D eigenvalue weighted by Gasteiger charge is -2.12. The first kappa shape index (κ1) is 23.9. The predicted molar refractivity (Wildman–Crippen MR) is 120 cm³/mol. The molecule has 2 aromatic rings. The number of aliphatic carboxylic acids is 1. The molecule has 0 fully saturated rings. The van der Waals surface area contributed by atoms with Crippen LogP contribution in [0.3, 0.4) is 0 Å². The molecule has 10 heteroatoms. The maximum absolute atomic E-state index is 12.5. The normalized spacial score (nSPS) is 10.6. The standard InChI is InChI=1S/C22H24N6O4/c1-2-24-22(26-14-23)27-17-8-5-7-16(12-17)21(32)25-13-19(29)28-18-9-4-3-6-15(18)10-11-20(30)31/h3-9,12H,2,10-11,13H2,1H3,(H,25,32)(H,28,29)(H,30,31)(H2,24,26,27). The zero-order valence-corrected chi connectivity index (χ0v) is 17.5. The number of benzene rings is 2. The Morgan fingerprint density at radius 3 is 2.59 bits per heavy atom. The van der Waals surface area contributed by atoms with E-state index in [0.29, 0.717) is 29.0 Å². The van der Waals surface area contributed by atoms with Crippen molar-refractivity contribution in [3.05, 3.63) is 59.7 Å². The number of nitrogens with zero attached hydrogens (tertiary/aromatic N) is 2. The maximum atomic E-state index is 12.5. The molecule has 0 unspecified atom stereocenters. The van der Waals surface area contributed by atoms with Gasteiger partial charge in [-0.05, 0) is 43.2 Å². The third kappa shape index (κ3) is 7.79. The largest absolute Gasteiger partial charge is 0.481 e. The smallest absolute Gasteiger partial charge is 0.303 e. The van der Waals surface area contributed by atoms with Gasteiger partial charge in [0.15, 0.2) is 6.19 Å². The number of guanidine groups is 1. The van der Waals surface area contributed by atoms with E-state index in [2.05, 4.69) is 26.3 Å². The molecule has 2 rings (SSSR count). The number of hydrogen-bond donors (Lipinski definition) is 5. The number of amides is 2. The van der Waals surface area contributed by atoms with Crippen LogP contribution in [0, 0.1) is 11.5 Å². The average Bonchev–Trinajstić information content (AvgIpc) is 2.77. The summed E-state index contributed by atoms with van der Waals surface area (Å²) in [6.45, 7) is 2.02. The van der Waals surface area contributed by atoms with Gasteiger partial charge in [0.05, 0.1) is 6.54 Å². The molecular formula is C22H24N6O4. The number of hydrogen-bond acceptors (Lipinski definition) is 5. The Morgan fingerprint density at radius 2 is 1.88 bits per heavy atom. The number of anilines is 2. The minimum absolute atomic E-state index is 0.0530. The lowest BCUT2D eigenvalue weighted by atomic mass is 10.1. The van der Waals surface area contributed by atoms with Crippen molar-refractivity contribution in [2.45, 2.75) is 19.8 Å². The SMILES string of the molecule is CCN=C(NC#N)Nc1cccc(C(=O)NCC(=O)Nc2ccccc2CCC(=O)O)c1. The second-order valence-electron chi connectivity index (χ2n) is 6.55. The second kappa shape index (κ2) is 12.3. The van der Waals surface area contributed by atoms with Gasteiger partial charge in [-0.25, -0.2) is 0 Å². The summed E-state index contributed by atoms with van der Waals surface area (Å²) >= 11 is 0. The van der Waals surface area contributed by atoms with Crippen molar-refractivity contribution in [3.8, 4) is 6.19 Å². The first-order valence-corrected chi connectivity index (χ1v) is 9.87. The molecule has 0 heterocycles. The van der Waals surface area contributed by atoms with Crippen LogP contribution in [-0.4, -0.2) is 41.9 Å². The van der Waals surface area contributed by atoms with Gasteiger partial charge in [-0.1, -0.05) is 24.3 Å². The highest BCUT2D eigenvalue weighted by molar-refractivity contribution is 6.01. The van der Waals surface area contributed by atoms with Crippen LogP contribution >= 0.6 is 0 Å². The van der Waals surface area contributed by atoms with Gasteiger partial charge in [-0.2, -0.15) is 5.26 Å². The Bertz CT molecular complexity index is 1040. The summed E-state index contributed by atoms with van der Waals surface area (Å²) in [5.74, 6) is -1.56. The molecule has 0 aromatic heterocycles. The van der Waals surface area contributed by atoms with Gasteiger partial charge in [0.1, 0.15) is 0 Å². The average molecular weight is 436 g/mol. The van der Waals surface area contributed by atoms with E-state index >= 15 is 0 Å². The second-order valence-corrected chi connectivity index (χ2v) is 6.55. The summed E-state index contributed by atoms with van der Waals surface area (Å²) in [6.07, 6.45) is 2.01. The van der Waals surface area contributed by atoms with Crippen molar-refractivity contribution < 1.29 is 19.5 Å². The molecule has 0 atom stereocenters. The topological polar surface area (TPSA) is 156 Å². The van der Waals surface area contributed by atoms with E-state index in [4.69, 9.17) is 10.4 Å².